The molecule has 1 spiro atoms. The van der Waals surface area contributed by atoms with Crippen molar-refractivity contribution in [2.45, 2.75) is 145 Å². The van der Waals surface area contributed by atoms with Crippen molar-refractivity contribution in [3.63, 3.8) is 0 Å². The maximum atomic E-state index is 14.8. The molecule has 59 heavy (non-hydrogen) atoms. The second kappa shape index (κ2) is 15.2. The first-order chi connectivity index (χ1) is 27.5. The summed E-state index contributed by atoms with van der Waals surface area (Å²) in [6.07, 6.45) is 3.89. The van der Waals surface area contributed by atoms with Gasteiger partial charge in [0.25, 0.3) is 5.91 Å². The topological polar surface area (TPSA) is 170 Å². The summed E-state index contributed by atoms with van der Waals surface area (Å²) in [7, 11) is -4.04. The number of allylic oxidation sites excluding steroid dienone is 1. The first-order valence-electron chi connectivity index (χ1n) is 20.4. The normalized spacial score (nSPS) is 28.8. The Balaban J connectivity index is 1.23. The Bertz CT molecular complexity index is 2180. The lowest BCUT2D eigenvalue weighted by Gasteiger charge is -2.36. The lowest BCUT2D eigenvalue weighted by Crippen LogP contribution is -2.57. The number of halogens is 3. The van der Waals surface area contributed by atoms with Gasteiger partial charge in [0, 0.05) is 29.2 Å². The molecule has 5 atom stereocenters. The summed E-state index contributed by atoms with van der Waals surface area (Å²) in [5, 5.41) is 3.45. The SMILES string of the molecule is Cc1nc2ccc(OCC(F)(F)F)cc2c2c1O[C@]1(CC2)C[C@H]2C(=O)N[C@]3(C(=O)NS(=O)(=O)C4(C)CC4)C[C@H]3/C=C\CCCCC[C@H](CC(=O)OC(C)(C)C)C(=O)N2C1. The van der Waals surface area contributed by atoms with Crippen LogP contribution in [0.25, 0.3) is 10.9 Å². The van der Waals surface area contributed by atoms with Gasteiger partial charge in [-0.2, -0.15) is 13.2 Å². The lowest BCUT2D eigenvalue weighted by molar-refractivity contribution is -0.159. The Morgan fingerprint density at radius 2 is 1.83 bits per heavy atom. The van der Waals surface area contributed by atoms with E-state index in [9.17, 15) is 40.8 Å². The van der Waals surface area contributed by atoms with E-state index in [1.165, 1.54) is 17.0 Å². The number of nitrogens with one attached hydrogen (secondary N) is 2. The molecule has 1 aromatic heterocycles. The zero-order chi connectivity index (χ0) is 42.8. The zero-order valence-electron chi connectivity index (χ0n) is 34.1. The Kier molecular flexibility index (Phi) is 11.0. The predicted octanol–water partition coefficient (Wildman–Crippen LogP) is 5.89. The Morgan fingerprint density at radius 3 is 2.53 bits per heavy atom. The number of alkyl halides is 3. The number of carbonyl (C=O) groups excluding carboxylic acids is 4. The minimum atomic E-state index is -4.53. The highest BCUT2D eigenvalue weighted by Gasteiger charge is 2.64. The third-order valence-corrected chi connectivity index (χ3v) is 14.5. The van der Waals surface area contributed by atoms with Crippen LogP contribution in [0.5, 0.6) is 11.5 Å². The predicted molar refractivity (Wildman–Crippen MR) is 210 cm³/mol. The molecule has 17 heteroatoms. The molecule has 1 saturated heterocycles. The molecule has 2 aliphatic carbocycles. The van der Waals surface area contributed by atoms with Crippen molar-refractivity contribution in [2.24, 2.45) is 11.8 Å². The molecule has 13 nitrogen and oxygen atoms in total. The fourth-order valence-electron chi connectivity index (χ4n) is 8.64. The molecular formula is C42H53F3N4O9S. The van der Waals surface area contributed by atoms with Gasteiger partial charge in [-0.3, -0.25) is 23.9 Å². The molecule has 3 fully saturated rings. The second-order valence-corrected chi connectivity index (χ2v) is 20.5. The molecule has 1 aromatic carbocycles. The highest BCUT2D eigenvalue weighted by molar-refractivity contribution is 7.91. The smallest absolute Gasteiger partial charge is 0.422 e. The summed E-state index contributed by atoms with van der Waals surface area (Å²) < 4.78 is 84.0. The minimum absolute atomic E-state index is 0.00392. The number of benzene rings is 1. The number of hydrogen-bond donors (Lipinski definition) is 2. The van der Waals surface area contributed by atoms with Crippen molar-refractivity contribution >= 4 is 44.6 Å². The van der Waals surface area contributed by atoms with E-state index in [1.54, 1.807) is 40.7 Å². The summed E-state index contributed by atoms with van der Waals surface area (Å²) in [4.78, 5) is 62.8. The molecule has 0 bridgehead atoms. The molecule has 0 radical (unpaired) electrons. The molecule has 5 aliphatic rings. The molecule has 3 amide bonds. The summed E-state index contributed by atoms with van der Waals surface area (Å²) in [5.41, 5.74) is -1.75. The molecule has 0 unspecified atom stereocenters. The van der Waals surface area contributed by atoms with Gasteiger partial charge in [0.2, 0.25) is 21.8 Å². The molecule has 2 aromatic rings. The Labute approximate surface area is 342 Å². The monoisotopic (exact) mass is 846 g/mol. The average Bonchev–Trinajstić information content (AvgIpc) is 4.03. The molecule has 7 rings (SSSR count). The summed E-state index contributed by atoms with van der Waals surface area (Å²) >= 11 is 0. The zero-order valence-corrected chi connectivity index (χ0v) is 34.9. The van der Waals surface area contributed by atoms with Crippen molar-refractivity contribution in [1.82, 2.24) is 19.9 Å². The molecule has 4 heterocycles. The largest absolute Gasteiger partial charge is 0.484 e. The third-order valence-electron chi connectivity index (χ3n) is 12.3. The number of amides is 3. The Hall–Kier alpha value is -4.41. The number of carbonyl (C=O) groups is 4. The van der Waals surface area contributed by atoms with Crippen LogP contribution in [0.1, 0.15) is 110 Å². The van der Waals surface area contributed by atoms with E-state index >= 15 is 0 Å². The van der Waals surface area contributed by atoms with E-state index in [2.05, 4.69) is 15.0 Å². The van der Waals surface area contributed by atoms with Gasteiger partial charge in [-0.25, -0.2) is 13.4 Å². The fraction of sp³-hybridized carbons (Fsp3) is 0.643. The van der Waals surface area contributed by atoms with E-state index in [4.69, 9.17) is 14.2 Å². The van der Waals surface area contributed by atoms with Crippen LogP contribution in [-0.4, -0.2) is 88.9 Å². The minimum Gasteiger partial charge on any atom is -0.484 e. The first kappa shape index (κ1) is 42.7. The number of aryl methyl sites for hydroxylation is 2. The van der Waals surface area contributed by atoms with Crippen molar-refractivity contribution < 1.29 is 55.0 Å². The second-order valence-electron chi connectivity index (χ2n) is 18.3. The van der Waals surface area contributed by atoms with Gasteiger partial charge in [-0.15, -0.1) is 0 Å². The van der Waals surface area contributed by atoms with Gasteiger partial charge < -0.3 is 24.4 Å². The van der Waals surface area contributed by atoms with Crippen LogP contribution in [0.4, 0.5) is 13.2 Å². The van der Waals surface area contributed by atoms with E-state index in [0.29, 0.717) is 72.9 Å². The maximum absolute atomic E-state index is 14.8. The van der Waals surface area contributed by atoms with Crippen LogP contribution in [-0.2, 0) is 40.4 Å². The molecule has 2 saturated carbocycles. The van der Waals surface area contributed by atoms with Crippen molar-refractivity contribution in [3.8, 4) is 11.5 Å². The summed E-state index contributed by atoms with van der Waals surface area (Å²) in [6, 6.07) is 3.34. The molecule has 2 N–H and O–H groups in total. The quantitative estimate of drug-likeness (QED) is 0.253. The van der Waals surface area contributed by atoms with Crippen molar-refractivity contribution in [3.05, 3.63) is 41.6 Å². The van der Waals surface area contributed by atoms with Gasteiger partial charge in [0.15, 0.2) is 6.61 Å². The molecule has 322 valence electrons. The Morgan fingerprint density at radius 1 is 1.08 bits per heavy atom. The van der Waals surface area contributed by atoms with E-state index < -0.39 is 85.9 Å². The van der Waals surface area contributed by atoms with Gasteiger partial charge in [0.1, 0.15) is 34.3 Å². The number of hydrogen-bond acceptors (Lipinski definition) is 10. The van der Waals surface area contributed by atoms with E-state index in [0.717, 1.165) is 12.8 Å². The number of aromatic nitrogens is 1. The van der Waals surface area contributed by atoms with Gasteiger partial charge in [-0.1, -0.05) is 25.0 Å². The van der Waals surface area contributed by atoms with E-state index in [-0.39, 0.29) is 31.6 Å². The fourth-order valence-corrected chi connectivity index (χ4v) is 9.95. The van der Waals surface area contributed by atoms with Gasteiger partial charge >= 0.3 is 12.1 Å². The number of rotatable bonds is 7. The number of fused-ring (bicyclic) bond motifs is 5. The third kappa shape index (κ3) is 9.04. The number of ether oxygens (including phenoxy) is 3. The summed E-state index contributed by atoms with van der Waals surface area (Å²) in [5.74, 6) is -3.39. The highest BCUT2D eigenvalue weighted by Crippen LogP contribution is 2.49. The van der Waals surface area contributed by atoms with E-state index in [1.807, 2.05) is 12.2 Å². The lowest BCUT2D eigenvalue weighted by atomic mass is 9.87. The van der Waals surface area contributed by atoms with Crippen LogP contribution in [0.2, 0.25) is 0 Å². The first-order valence-corrected chi connectivity index (χ1v) is 21.9. The number of esters is 1. The van der Waals surface area contributed by atoms with Gasteiger partial charge in [0.05, 0.1) is 28.9 Å². The standard InChI is InChI=1S/C42H53F3N4O9S/c1-25-34-29(30-20-28(13-14-31(30)46-25)56-24-42(43,44)45)15-16-40(58-34)22-32-35(51)47-41(37(53)48-59(54,55)39(5)17-18-39)21-27(41)12-10-8-6-7-9-11-26(36(52)49(32)23-40)19-33(50)57-38(2,3)4/h10,12-14,20,26-27,32H,6-9,11,15-19,21-24H2,1-5H3,(H,47,51)(H,48,53)/b12-10-/t26-,27-,32+,40-,41-/m1/s1. The van der Waals surface area contributed by atoms with Crippen LogP contribution < -0.4 is 19.5 Å². The average molecular weight is 847 g/mol. The highest BCUT2D eigenvalue weighted by atomic mass is 32.2. The van der Waals surface area contributed by atoms with Crippen LogP contribution in [0.3, 0.4) is 0 Å². The number of nitrogens with zero attached hydrogens (tertiary/aromatic N) is 2. The van der Waals surface area contributed by atoms with Crippen LogP contribution in [0, 0.1) is 18.8 Å². The van der Waals surface area contributed by atoms with Gasteiger partial charge in [-0.05, 0) is 104 Å². The van der Waals surface area contributed by atoms with Crippen LogP contribution in [0.15, 0.2) is 30.4 Å². The molecule has 3 aliphatic heterocycles. The number of sulfonamides is 1. The number of pyridine rings is 1. The van der Waals surface area contributed by atoms with Crippen LogP contribution >= 0.6 is 0 Å². The van der Waals surface area contributed by atoms with Crippen molar-refractivity contribution in [2.75, 3.05) is 13.2 Å². The van der Waals surface area contributed by atoms with Crippen molar-refractivity contribution in [1.29, 1.82) is 0 Å². The summed E-state index contributed by atoms with van der Waals surface area (Å²) in [6.45, 7) is 7.02. The maximum Gasteiger partial charge on any atom is 0.422 e. The molecular weight excluding hydrogens is 794 g/mol.